The molecule has 0 radical (unpaired) electrons. The van der Waals surface area contributed by atoms with Crippen molar-refractivity contribution < 1.29 is 13.9 Å². The minimum atomic E-state index is -0.320. The van der Waals surface area contributed by atoms with Gasteiger partial charge in [0.1, 0.15) is 5.82 Å². The lowest BCUT2D eigenvalue weighted by molar-refractivity contribution is -0.118. The first-order chi connectivity index (χ1) is 8.56. The highest BCUT2D eigenvalue weighted by Crippen LogP contribution is 2.16. The number of carbonyl (C=O) groups excluding carboxylic acids is 1. The van der Waals surface area contributed by atoms with Crippen molar-refractivity contribution in [1.29, 1.82) is 0 Å². The van der Waals surface area contributed by atoms with Gasteiger partial charge in [-0.2, -0.15) is 0 Å². The van der Waals surface area contributed by atoms with Gasteiger partial charge in [-0.1, -0.05) is 0 Å². The lowest BCUT2D eigenvalue weighted by atomic mass is 10.2. The molecule has 0 saturated carbocycles. The zero-order chi connectivity index (χ0) is 13.5. The summed E-state index contributed by atoms with van der Waals surface area (Å²) in [6, 6.07) is 4.23. The molecule has 1 aromatic rings. The summed E-state index contributed by atoms with van der Waals surface area (Å²) < 4.78 is 18.2. The summed E-state index contributed by atoms with van der Waals surface area (Å²) in [4.78, 5) is 11.8. The van der Waals surface area contributed by atoms with Crippen LogP contribution in [0.15, 0.2) is 18.2 Å². The maximum Gasteiger partial charge on any atom is 0.227 e. The third kappa shape index (κ3) is 4.43. The summed E-state index contributed by atoms with van der Waals surface area (Å²) in [5.41, 5.74) is 6.79. The van der Waals surface area contributed by atoms with Gasteiger partial charge in [-0.3, -0.25) is 4.79 Å². The van der Waals surface area contributed by atoms with E-state index in [1.165, 1.54) is 12.1 Å². The zero-order valence-electron chi connectivity index (χ0n) is 10.7. The summed E-state index contributed by atoms with van der Waals surface area (Å²) in [5.74, 6) is -0.506. The first-order valence-corrected chi connectivity index (χ1v) is 5.94. The number of anilines is 1. The maximum atomic E-state index is 12.9. The number of hydrogen-bond donors (Lipinski definition) is 2. The highest BCUT2D eigenvalue weighted by Gasteiger charge is 2.13. The predicted molar refractivity (Wildman–Crippen MR) is 68.9 cm³/mol. The van der Waals surface area contributed by atoms with Crippen LogP contribution >= 0.6 is 0 Å². The Bertz CT molecular complexity index is 410. The van der Waals surface area contributed by atoms with Crippen LogP contribution in [0.1, 0.15) is 18.9 Å². The molecule has 0 aliphatic carbocycles. The van der Waals surface area contributed by atoms with E-state index in [1.807, 2.05) is 6.92 Å². The first kappa shape index (κ1) is 14.6. The third-order valence-electron chi connectivity index (χ3n) is 2.54. The van der Waals surface area contributed by atoms with Crippen molar-refractivity contribution in [3.63, 3.8) is 0 Å². The first-order valence-electron chi connectivity index (χ1n) is 5.94. The van der Waals surface area contributed by atoms with E-state index in [9.17, 15) is 9.18 Å². The number of halogens is 1. The van der Waals surface area contributed by atoms with Gasteiger partial charge in [0.05, 0.1) is 12.5 Å². The Labute approximate surface area is 106 Å². The van der Waals surface area contributed by atoms with Gasteiger partial charge in [-0.15, -0.1) is 0 Å². The van der Waals surface area contributed by atoms with E-state index in [2.05, 4.69) is 5.32 Å². The topological polar surface area (TPSA) is 64.3 Å². The summed E-state index contributed by atoms with van der Waals surface area (Å²) in [6.07, 6.45) is -0.0861. The lowest BCUT2D eigenvalue weighted by Crippen LogP contribution is -2.29. The fourth-order valence-corrected chi connectivity index (χ4v) is 1.62. The number of carbonyl (C=O) groups is 1. The number of ether oxygens (including phenoxy) is 1. The minimum absolute atomic E-state index is 0.186. The van der Waals surface area contributed by atoms with Crippen LogP contribution in [0.4, 0.5) is 10.1 Å². The number of amides is 1. The molecule has 18 heavy (non-hydrogen) atoms. The maximum absolute atomic E-state index is 12.9. The van der Waals surface area contributed by atoms with Crippen molar-refractivity contribution in [2.24, 2.45) is 5.73 Å². The van der Waals surface area contributed by atoms with Gasteiger partial charge in [0.2, 0.25) is 5.91 Å². The standard InChI is InChI=1S/C13H19FN2O2/c1-3-18-11(8-15)7-13(17)16-12-5-4-10(14)6-9(12)2/h4-6,11H,3,7-8,15H2,1-2H3,(H,16,17). The molecule has 0 bridgehead atoms. The van der Waals surface area contributed by atoms with Crippen LogP contribution in [0.25, 0.3) is 0 Å². The smallest absolute Gasteiger partial charge is 0.227 e. The van der Waals surface area contributed by atoms with Crippen molar-refractivity contribution in [2.75, 3.05) is 18.5 Å². The van der Waals surface area contributed by atoms with E-state index in [0.29, 0.717) is 24.4 Å². The second-order valence-corrected chi connectivity index (χ2v) is 4.02. The van der Waals surface area contributed by atoms with Gasteiger partial charge in [-0.25, -0.2) is 4.39 Å². The van der Waals surface area contributed by atoms with Crippen LogP contribution in [0, 0.1) is 12.7 Å². The van der Waals surface area contributed by atoms with Gasteiger partial charge in [0.15, 0.2) is 0 Å². The Balaban J connectivity index is 2.58. The molecule has 3 N–H and O–H groups in total. The van der Waals surface area contributed by atoms with Gasteiger partial charge in [0, 0.05) is 18.8 Å². The van der Waals surface area contributed by atoms with Gasteiger partial charge >= 0.3 is 0 Å². The zero-order valence-corrected chi connectivity index (χ0v) is 10.7. The van der Waals surface area contributed by atoms with E-state index >= 15 is 0 Å². The monoisotopic (exact) mass is 254 g/mol. The molecule has 0 saturated heterocycles. The number of nitrogens with one attached hydrogen (secondary N) is 1. The van der Waals surface area contributed by atoms with Crippen LogP contribution < -0.4 is 11.1 Å². The van der Waals surface area contributed by atoms with E-state index < -0.39 is 0 Å². The molecular weight excluding hydrogens is 235 g/mol. The third-order valence-corrected chi connectivity index (χ3v) is 2.54. The fourth-order valence-electron chi connectivity index (χ4n) is 1.62. The second kappa shape index (κ2) is 7.08. The summed E-state index contributed by atoms with van der Waals surface area (Å²) in [5, 5.41) is 2.72. The fraction of sp³-hybridized carbons (Fsp3) is 0.462. The molecule has 0 aliphatic rings. The molecular formula is C13H19FN2O2. The molecule has 5 heteroatoms. The van der Waals surface area contributed by atoms with Gasteiger partial charge < -0.3 is 15.8 Å². The molecule has 4 nitrogen and oxygen atoms in total. The Morgan fingerprint density at radius 2 is 2.28 bits per heavy atom. The van der Waals surface area contributed by atoms with Gasteiger partial charge in [-0.05, 0) is 37.6 Å². The minimum Gasteiger partial charge on any atom is -0.377 e. The van der Waals surface area contributed by atoms with Crippen LogP contribution in [-0.4, -0.2) is 25.2 Å². The highest BCUT2D eigenvalue weighted by molar-refractivity contribution is 5.91. The summed E-state index contributed by atoms with van der Waals surface area (Å²) >= 11 is 0. The van der Waals surface area contributed by atoms with Crippen LogP contribution in [0.5, 0.6) is 0 Å². The molecule has 0 aliphatic heterocycles. The summed E-state index contributed by atoms with van der Waals surface area (Å²) in [7, 11) is 0. The van der Waals surface area contributed by atoms with E-state index in [4.69, 9.17) is 10.5 Å². The largest absolute Gasteiger partial charge is 0.377 e. The van der Waals surface area contributed by atoms with Crippen molar-refractivity contribution in [1.82, 2.24) is 0 Å². The Morgan fingerprint density at radius 3 is 2.83 bits per heavy atom. The number of aryl methyl sites for hydroxylation is 1. The number of hydrogen-bond acceptors (Lipinski definition) is 3. The van der Waals surface area contributed by atoms with Gasteiger partial charge in [0.25, 0.3) is 0 Å². The second-order valence-electron chi connectivity index (χ2n) is 4.02. The quantitative estimate of drug-likeness (QED) is 0.814. The molecule has 0 heterocycles. The molecule has 1 amide bonds. The molecule has 0 spiro atoms. The van der Waals surface area contributed by atoms with Crippen molar-refractivity contribution >= 4 is 11.6 Å². The van der Waals surface area contributed by atoms with Crippen LogP contribution in [0.3, 0.4) is 0 Å². The molecule has 0 fully saturated rings. The molecule has 1 rings (SSSR count). The average molecular weight is 254 g/mol. The summed E-state index contributed by atoms with van der Waals surface area (Å²) in [6.45, 7) is 4.40. The lowest BCUT2D eigenvalue weighted by Gasteiger charge is -2.15. The Morgan fingerprint density at radius 1 is 1.56 bits per heavy atom. The Hall–Kier alpha value is -1.46. The highest BCUT2D eigenvalue weighted by atomic mass is 19.1. The average Bonchev–Trinajstić information content (AvgIpc) is 2.32. The van der Waals surface area contributed by atoms with E-state index in [0.717, 1.165) is 0 Å². The van der Waals surface area contributed by atoms with Crippen molar-refractivity contribution in [3.05, 3.63) is 29.6 Å². The number of nitrogens with two attached hydrogens (primary N) is 1. The van der Waals surface area contributed by atoms with Crippen molar-refractivity contribution in [2.45, 2.75) is 26.4 Å². The molecule has 1 unspecified atom stereocenters. The van der Waals surface area contributed by atoms with Crippen molar-refractivity contribution in [3.8, 4) is 0 Å². The Kier molecular flexibility index (Phi) is 5.74. The molecule has 1 atom stereocenters. The SMILES string of the molecule is CCOC(CN)CC(=O)Nc1ccc(F)cc1C. The van der Waals surface area contributed by atoms with Crippen LogP contribution in [0.2, 0.25) is 0 Å². The molecule has 1 aromatic carbocycles. The van der Waals surface area contributed by atoms with Crippen LogP contribution in [-0.2, 0) is 9.53 Å². The predicted octanol–water partition coefficient (Wildman–Crippen LogP) is 1.83. The van der Waals surface area contributed by atoms with E-state index in [-0.39, 0.29) is 24.2 Å². The normalized spacial score (nSPS) is 12.2. The number of rotatable bonds is 6. The molecule has 0 aromatic heterocycles. The number of benzene rings is 1. The molecule has 100 valence electrons. The van der Waals surface area contributed by atoms with E-state index in [1.54, 1.807) is 13.0 Å².